The summed E-state index contributed by atoms with van der Waals surface area (Å²) in [6.07, 6.45) is 0.526. The number of alkyl carbamates (subject to hydrolysis) is 1. The summed E-state index contributed by atoms with van der Waals surface area (Å²) in [5.74, 6) is 0.134. The second-order valence-electron chi connectivity index (χ2n) is 9.51. The van der Waals surface area contributed by atoms with Gasteiger partial charge in [-0.15, -0.1) is 12.4 Å². The first-order valence-corrected chi connectivity index (χ1v) is 14.1. The number of hydrogen-bond donors (Lipinski definition) is 2. The smallest absolute Gasteiger partial charge is 0.407 e. The highest BCUT2D eigenvalue weighted by molar-refractivity contribution is 7.89. The summed E-state index contributed by atoms with van der Waals surface area (Å²) in [4.78, 5) is 29.1. The number of rotatable bonds is 6. The van der Waals surface area contributed by atoms with E-state index in [1.807, 2.05) is 4.90 Å². The number of sulfonamides is 1. The molecule has 4 rings (SSSR count). The van der Waals surface area contributed by atoms with Crippen molar-refractivity contribution in [2.24, 2.45) is 0 Å². The fourth-order valence-corrected chi connectivity index (χ4v) is 6.50. The number of carbonyl (C=O) groups excluding carboxylic acids is 2. The average molecular weight is 587 g/mol. The molecule has 2 aromatic rings. The van der Waals surface area contributed by atoms with Crippen LogP contribution in [-0.4, -0.2) is 91.8 Å². The molecule has 0 bridgehead atoms. The normalized spacial score (nSPS) is 18.1. The van der Waals surface area contributed by atoms with E-state index in [0.717, 1.165) is 10.8 Å². The number of nitrogens with one attached hydrogen (secondary N) is 2. The van der Waals surface area contributed by atoms with Gasteiger partial charge in [0.05, 0.1) is 29.4 Å². The number of ether oxygens (including phenoxy) is 1. The number of hydrogen-bond acceptors (Lipinski definition) is 6. The fraction of sp³-hybridized carbons (Fsp3) is 0.480. The zero-order chi connectivity index (χ0) is 26.8. The van der Waals surface area contributed by atoms with Crippen molar-refractivity contribution in [2.45, 2.75) is 37.1 Å². The minimum Gasteiger partial charge on any atom is -0.450 e. The molecule has 2 aliphatic heterocycles. The number of nitrogens with zero attached hydrogens (tertiary/aromatic N) is 3. The minimum absolute atomic E-state index is 0. The number of benzene rings is 2. The summed E-state index contributed by atoms with van der Waals surface area (Å²) in [6, 6.07) is 10.1. The Morgan fingerprint density at radius 3 is 2.39 bits per heavy atom. The Balaban J connectivity index is 0.00000400. The van der Waals surface area contributed by atoms with Gasteiger partial charge in [-0.05, 0) is 61.7 Å². The first-order valence-electron chi connectivity index (χ1n) is 12.3. The van der Waals surface area contributed by atoms with Gasteiger partial charge in [-0.2, -0.15) is 4.31 Å². The lowest BCUT2D eigenvalue weighted by molar-refractivity contribution is -0.135. The van der Waals surface area contributed by atoms with Crippen molar-refractivity contribution in [2.75, 3.05) is 45.9 Å². The Bertz CT molecular complexity index is 1310. The van der Waals surface area contributed by atoms with Crippen LogP contribution in [0.5, 0.6) is 0 Å². The van der Waals surface area contributed by atoms with Gasteiger partial charge in [0, 0.05) is 37.7 Å². The standard InChI is InChI=1S/C25H32ClN5O5S.ClH/c1-3-36-24(33)28-25(8-10-29(11-9-25)18(2)27)17-30-12-13-31(16-23(30)32)37(34,35)22-7-5-19-14-21(26)6-4-20(19)15-22;/h4-7,14-15,27H,3,8-13,16-17H2,1-2H3,(H,28,33);1H. The summed E-state index contributed by atoms with van der Waals surface area (Å²) in [7, 11) is -3.88. The van der Waals surface area contributed by atoms with Gasteiger partial charge in [0.1, 0.15) is 0 Å². The third-order valence-electron chi connectivity index (χ3n) is 7.03. The molecule has 0 radical (unpaired) electrons. The molecule has 38 heavy (non-hydrogen) atoms. The van der Waals surface area contributed by atoms with Crippen molar-refractivity contribution < 1.29 is 22.7 Å². The Morgan fingerprint density at radius 2 is 1.76 bits per heavy atom. The van der Waals surface area contributed by atoms with Crippen LogP contribution in [0.3, 0.4) is 0 Å². The van der Waals surface area contributed by atoms with Crippen molar-refractivity contribution in [1.82, 2.24) is 19.4 Å². The SMILES string of the molecule is CCOC(=O)NC1(CN2CCN(S(=O)(=O)c3ccc4cc(Cl)ccc4c3)CC2=O)CCN(C(C)=N)CC1.Cl. The molecule has 0 aromatic heterocycles. The lowest BCUT2D eigenvalue weighted by atomic mass is 9.86. The number of halogens is 2. The average Bonchev–Trinajstić information content (AvgIpc) is 2.85. The molecule has 0 saturated carbocycles. The topological polar surface area (TPSA) is 123 Å². The van der Waals surface area contributed by atoms with Gasteiger partial charge in [0.15, 0.2) is 0 Å². The zero-order valence-corrected chi connectivity index (χ0v) is 23.8. The molecule has 0 unspecified atom stereocenters. The molecule has 0 aliphatic carbocycles. The molecule has 2 amide bonds. The van der Waals surface area contributed by atoms with Crippen LogP contribution < -0.4 is 5.32 Å². The van der Waals surface area contributed by atoms with Gasteiger partial charge in [-0.1, -0.05) is 23.7 Å². The van der Waals surface area contributed by atoms with Gasteiger partial charge < -0.3 is 19.9 Å². The van der Waals surface area contributed by atoms with E-state index in [2.05, 4.69) is 5.32 Å². The molecule has 2 saturated heterocycles. The number of amides is 2. The molecule has 2 fully saturated rings. The van der Waals surface area contributed by atoms with E-state index in [0.29, 0.717) is 36.8 Å². The van der Waals surface area contributed by atoms with E-state index in [4.69, 9.17) is 21.7 Å². The maximum Gasteiger partial charge on any atom is 0.407 e. The first kappa shape index (κ1) is 29.9. The first-order chi connectivity index (χ1) is 17.5. The Kier molecular flexibility index (Phi) is 9.51. The highest BCUT2D eigenvalue weighted by Crippen LogP contribution is 2.28. The number of piperidine rings is 1. The Hall–Kier alpha value is -2.60. The predicted molar refractivity (Wildman–Crippen MR) is 149 cm³/mol. The summed E-state index contributed by atoms with van der Waals surface area (Å²) in [5, 5.41) is 13.0. The van der Waals surface area contributed by atoms with Crippen molar-refractivity contribution >= 4 is 62.6 Å². The van der Waals surface area contributed by atoms with Gasteiger partial charge in [-0.25, -0.2) is 13.2 Å². The quantitative estimate of drug-likeness (QED) is 0.396. The van der Waals surface area contributed by atoms with Crippen LogP contribution in [-0.2, 0) is 19.6 Å². The Labute approximate surface area is 234 Å². The summed E-state index contributed by atoms with van der Waals surface area (Å²) < 4.78 is 33.0. The van der Waals surface area contributed by atoms with Crippen LogP contribution in [0.1, 0.15) is 26.7 Å². The fourth-order valence-electron chi connectivity index (χ4n) is 4.91. The molecule has 10 nitrogen and oxygen atoms in total. The molecule has 2 N–H and O–H groups in total. The van der Waals surface area contributed by atoms with Crippen molar-refractivity contribution in [3.8, 4) is 0 Å². The van der Waals surface area contributed by atoms with E-state index in [-0.39, 0.29) is 56.0 Å². The van der Waals surface area contributed by atoms with Crippen molar-refractivity contribution in [3.63, 3.8) is 0 Å². The molecular weight excluding hydrogens is 553 g/mol. The van der Waals surface area contributed by atoms with Crippen LogP contribution >= 0.6 is 24.0 Å². The van der Waals surface area contributed by atoms with Crippen LogP contribution in [0.4, 0.5) is 4.79 Å². The number of fused-ring (bicyclic) bond motifs is 1. The molecule has 0 atom stereocenters. The predicted octanol–water partition coefficient (Wildman–Crippen LogP) is 3.33. The molecule has 2 heterocycles. The maximum absolute atomic E-state index is 13.4. The molecule has 208 valence electrons. The molecule has 13 heteroatoms. The number of piperazine rings is 1. The van der Waals surface area contributed by atoms with Crippen LogP contribution in [0, 0.1) is 5.41 Å². The van der Waals surface area contributed by atoms with E-state index in [9.17, 15) is 18.0 Å². The molecule has 2 aromatic carbocycles. The summed E-state index contributed by atoms with van der Waals surface area (Å²) in [5.41, 5.74) is -0.714. The molecule has 2 aliphatic rings. The lowest BCUT2D eigenvalue weighted by Gasteiger charge is -2.46. The van der Waals surface area contributed by atoms with Gasteiger partial charge >= 0.3 is 6.09 Å². The summed E-state index contributed by atoms with van der Waals surface area (Å²) >= 11 is 6.03. The number of likely N-dealkylation sites (tertiary alicyclic amines) is 1. The van der Waals surface area contributed by atoms with E-state index in [1.54, 1.807) is 49.1 Å². The molecule has 0 spiro atoms. The third kappa shape index (κ3) is 6.51. The lowest BCUT2D eigenvalue weighted by Crippen LogP contribution is -2.64. The van der Waals surface area contributed by atoms with Crippen molar-refractivity contribution in [1.29, 1.82) is 5.41 Å². The van der Waals surface area contributed by atoms with Gasteiger partial charge in [0.2, 0.25) is 15.9 Å². The largest absolute Gasteiger partial charge is 0.450 e. The van der Waals surface area contributed by atoms with E-state index in [1.165, 1.54) is 10.4 Å². The maximum atomic E-state index is 13.4. The van der Waals surface area contributed by atoms with E-state index >= 15 is 0 Å². The molecular formula is C25H33Cl2N5O5S. The summed E-state index contributed by atoms with van der Waals surface area (Å²) in [6.45, 7) is 5.14. The minimum atomic E-state index is -3.88. The number of carbonyl (C=O) groups is 2. The second-order valence-corrected chi connectivity index (χ2v) is 11.9. The van der Waals surface area contributed by atoms with Gasteiger partial charge in [0.25, 0.3) is 0 Å². The highest BCUT2D eigenvalue weighted by Gasteiger charge is 2.41. The third-order valence-corrected chi connectivity index (χ3v) is 9.10. The van der Waals surface area contributed by atoms with Gasteiger partial charge in [-0.3, -0.25) is 10.2 Å². The van der Waals surface area contributed by atoms with E-state index < -0.39 is 21.7 Å². The highest BCUT2D eigenvalue weighted by atomic mass is 35.5. The zero-order valence-electron chi connectivity index (χ0n) is 21.4. The van der Waals surface area contributed by atoms with Crippen molar-refractivity contribution in [3.05, 3.63) is 41.4 Å². The Morgan fingerprint density at radius 1 is 1.11 bits per heavy atom. The number of amidine groups is 1. The monoisotopic (exact) mass is 585 g/mol. The second kappa shape index (κ2) is 12.1. The van der Waals surface area contributed by atoms with Crippen LogP contribution in [0.15, 0.2) is 41.3 Å². The van der Waals surface area contributed by atoms with Crippen LogP contribution in [0.2, 0.25) is 5.02 Å². The van der Waals surface area contributed by atoms with Crippen LogP contribution in [0.25, 0.3) is 10.8 Å².